The van der Waals surface area contributed by atoms with Gasteiger partial charge in [0.05, 0.1) is 4.47 Å². The van der Waals surface area contributed by atoms with Gasteiger partial charge in [-0.05, 0) is 34.1 Å². The van der Waals surface area contributed by atoms with Gasteiger partial charge in [-0.3, -0.25) is 0 Å². The molecule has 19 heavy (non-hydrogen) atoms. The third-order valence-electron chi connectivity index (χ3n) is 2.51. The first-order valence-electron chi connectivity index (χ1n) is 5.57. The fourth-order valence-electron chi connectivity index (χ4n) is 1.64. The van der Waals surface area contributed by atoms with Crippen LogP contribution < -0.4 is 15.2 Å². The molecule has 2 N–H and O–H groups in total. The smallest absolute Gasteiger partial charge is 0.162 e. The highest BCUT2D eigenvalue weighted by atomic mass is 79.9. The van der Waals surface area contributed by atoms with E-state index in [0.29, 0.717) is 23.5 Å². The summed E-state index contributed by atoms with van der Waals surface area (Å²) in [5.41, 5.74) is 5.73. The molecule has 1 aliphatic rings. The lowest BCUT2D eigenvalue weighted by Gasteiger charge is -2.18. The van der Waals surface area contributed by atoms with E-state index >= 15 is 0 Å². The molecule has 1 aliphatic heterocycles. The Hall–Kier alpha value is -1.47. The molecule has 0 spiro atoms. The first kappa shape index (κ1) is 12.6. The maximum absolute atomic E-state index is 5.73. The highest BCUT2D eigenvalue weighted by Gasteiger charge is 2.14. The highest BCUT2D eigenvalue weighted by molar-refractivity contribution is 9.10. The van der Waals surface area contributed by atoms with Gasteiger partial charge in [0.15, 0.2) is 11.5 Å². The third kappa shape index (κ3) is 2.62. The molecule has 7 heteroatoms. The van der Waals surface area contributed by atoms with Crippen molar-refractivity contribution in [1.82, 2.24) is 9.97 Å². The Morgan fingerprint density at radius 1 is 1.16 bits per heavy atom. The summed E-state index contributed by atoms with van der Waals surface area (Å²) in [6, 6.07) is 5.79. The van der Waals surface area contributed by atoms with Gasteiger partial charge in [0.1, 0.15) is 30.4 Å². The molecule has 1 aromatic carbocycles. The summed E-state index contributed by atoms with van der Waals surface area (Å²) < 4.78 is 11.7. The molecule has 0 bridgehead atoms. The predicted octanol–water partition coefficient (Wildman–Crippen LogP) is 2.74. The van der Waals surface area contributed by atoms with Crippen LogP contribution in [-0.2, 0) is 0 Å². The number of hydrogen-bond donors (Lipinski definition) is 1. The van der Waals surface area contributed by atoms with Crippen molar-refractivity contribution in [1.29, 1.82) is 0 Å². The van der Waals surface area contributed by atoms with E-state index in [1.54, 1.807) is 0 Å². The van der Waals surface area contributed by atoms with Gasteiger partial charge in [-0.2, -0.15) is 0 Å². The Morgan fingerprint density at radius 2 is 1.95 bits per heavy atom. The van der Waals surface area contributed by atoms with Gasteiger partial charge in [0.25, 0.3) is 0 Å². The summed E-state index contributed by atoms with van der Waals surface area (Å²) in [4.78, 5) is 9.12. The number of hydrogen-bond acceptors (Lipinski definition) is 6. The number of benzene rings is 1. The molecule has 1 aromatic heterocycles. The van der Waals surface area contributed by atoms with Gasteiger partial charge >= 0.3 is 0 Å². The number of nitrogen functional groups attached to an aromatic ring is 1. The first-order valence-corrected chi connectivity index (χ1v) is 7.18. The molecule has 0 saturated carbocycles. The van der Waals surface area contributed by atoms with Crippen LogP contribution in [0.25, 0.3) is 0 Å². The van der Waals surface area contributed by atoms with Gasteiger partial charge in [-0.25, -0.2) is 9.97 Å². The van der Waals surface area contributed by atoms with E-state index in [2.05, 4.69) is 25.9 Å². The van der Waals surface area contributed by atoms with Crippen LogP contribution in [0.15, 0.2) is 38.9 Å². The van der Waals surface area contributed by atoms with Crippen molar-refractivity contribution in [2.24, 2.45) is 0 Å². The van der Waals surface area contributed by atoms with Crippen LogP contribution in [0.5, 0.6) is 11.5 Å². The number of anilines is 1. The van der Waals surface area contributed by atoms with E-state index in [0.717, 1.165) is 21.4 Å². The van der Waals surface area contributed by atoms with Crippen LogP contribution in [0.3, 0.4) is 0 Å². The van der Waals surface area contributed by atoms with Crippen LogP contribution in [-0.4, -0.2) is 23.2 Å². The van der Waals surface area contributed by atoms with Crippen LogP contribution in [0.4, 0.5) is 5.82 Å². The lowest BCUT2D eigenvalue weighted by Crippen LogP contribution is -2.15. The van der Waals surface area contributed by atoms with Crippen molar-refractivity contribution >= 4 is 33.5 Å². The van der Waals surface area contributed by atoms with E-state index < -0.39 is 0 Å². The summed E-state index contributed by atoms with van der Waals surface area (Å²) in [7, 11) is 0. The van der Waals surface area contributed by atoms with Gasteiger partial charge < -0.3 is 15.2 Å². The second kappa shape index (κ2) is 5.26. The van der Waals surface area contributed by atoms with Crippen molar-refractivity contribution in [2.45, 2.75) is 9.92 Å². The monoisotopic (exact) mass is 339 g/mol. The van der Waals surface area contributed by atoms with Crippen LogP contribution in [0.1, 0.15) is 0 Å². The van der Waals surface area contributed by atoms with Crippen LogP contribution in [0.2, 0.25) is 0 Å². The molecule has 0 amide bonds. The molecule has 2 heterocycles. The van der Waals surface area contributed by atoms with Crippen molar-refractivity contribution in [3.8, 4) is 11.5 Å². The van der Waals surface area contributed by atoms with Crippen molar-refractivity contribution in [3.05, 3.63) is 29.0 Å². The van der Waals surface area contributed by atoms with Gasteiger partial charge in [0.2, 0.25) is 0 Å². The standard InChI is InChI=1S/C12H10BrN3O2S/c13-10-11(14)15-6-16-12(10)19-7-1-2-8-9(5-7)18-4-3-17-8/h1-2,5-6H,3-4H2,(H2,14,15,16). The minimum atomic E-state index is 0.426. The number of halogens is 1. The Balaban J connectivity index is 1.89. The van der Waals surface area contributed by atoms with Gasteiger partial charge in [-0.15, -0.1) is 0 Å². The third-order valence-corrected chi connectivity index (χ3v) is 4.55. The number of ether oxygens (including phenoxy) is 2. The Labute approximate surface area is 122 Å². The lowest BCUT2D eigenvalue weighted by atomic mass is 10.3. The average molecular weight is 340 g/mol. The number of aromatic nitrogens is 2. The highest BCUT2D eigenvalue weighted by Crippen LogP contribution is 2.38. The summed E-state index contributed by atoms with van der Waals surface area (Å²) in [6.45, 7) is 1.17. The molecule has 3 rings (SSSR count). The largest absolute Gasteiger partial charge is 0.486 e. The molecule has 0 unspecified atom stereocenters. The zero-order valence-corrected chi connectivity index (χ0v) is 12.2. The Bertz CT molecular complexity index is 624. The summed E-state index contributed by atoms with van der Waals surface area (Å²) in [5, 5.41) is 0.768. The van der Waals surface area contributed by atoms with E-state index in [4.69, 9.17) is 15.2 Å². The van der Waals surface area contributed by atoms with E-state index in [-0.39, 0.29) is 0 Å². The molecule has 0 saturated heterocycles. The predicted molar refractivity (Wildman–Crippen MR) is 75.7 cm³/mol. The summed E-state index contributed by atoms with van der Waals surface area (Å²) >= 11 is 4.87. The second-order valence-electron chi connectivity index (χ2n) is 3.79. The minimum Gasteiger partial charge on any atom is -0.486 e. The van der Waals surface area contributed by atoms with Gasteiger partial charge in [-0.1, -0.05) is 11.8 Å². The number of fused-ring (bicyclic) bond motifs is 1. The SMILES string of the molecule is Nc1ncnc(Sc2ccc3c(c2)OCCO3)c1Br. The van der Waals surface area contributed by atoms with Crippen LogP contribution >= 0.6 is 27.7 Å². The molecule has 0 atom stereocenters. The summed E-state index contributed by atoms with van der Waals surface area (Å²) in [6.07, 6.45) is 1.44. The molecule has 0 aliphatic carbocycles. The van der Waals surface area contributed by atoms with E-state index in [1.165, 1.54) is 18.1 Å². The lowest BCUT2D eigenvalue weighted by molar-refractivity contribution is 0.171. The zero-order chi connectivity index (χ0) is 13.2. The van der Waals surface area contributed by atoms with Crippen LogP contribution in [0, 0.1) is 0 Å². The van der Waals surface area contributed by atoms with E-state index in [9.17, 15) is 0 Å². The topological polar surface area (TPSA) is 70.3 Å². The van der Waals surface area contributed by atoms with E-state index in [1.807, 2.05) is 18.2 Å². The number of rotatable bonds is 2. The molecule has 2 aromatic rings. The van der Waals surface area contributed by atoms with Gasteiger partial charge in [0, 0.05) is 4.90 Å². The second-order valence-corrected chi connectivity index (χ2v) is 5.64. The Kier molecular flexibility index (Phi) is 3.48. The summed E-state index contributed by atoms with van der Waals surface area (Å²) in [5.74, 6) is 1.96. The maximum Gasteiger partial charge on any atom is 0.162 e. The quantitative estimate of drug-likeness (QED) is 0.848. The number of nitrogens with zero attached hydrogens (tertiary/aromatic N) is 2. The first-order chi connectivity index (χ1) is 9.24. The average Bonchev–Trinajstić information content (AvgIpc) is 2.44. The maximum atomic E-state index is 5.73. The zero-order valence-electron chi connectivity index (χ0n) is 9.80. The van der Waals surface area contributed by atoms with Crippen molar-refractivity contribution < 1.29 is 9.47 Å². The Morgan fingerprint density at radius 3 is 2.79 bits per heavy atom. The van der Waals surface area contributed by atoms with Crippen molar-refractivity contribution in [2.75, 3.05) is 18.9 Å². The molecule has 0 radical (unpaired) electrons. The molecule has 0 fully saturated rings. The fraction of sp³-hybridized carbons (Fsp3) is 0.167. The molecule has 5 nitrogen and oxygen atoms in total. The number of nitrogens with two attached hydrogens (primary N) is 1. The molecular weight excluding hydrogens is 330 g/mol. The van der Waals surface area contributed by atoms with Crippen molar-refractivity contribution in [3.63, 3.8) is 0 Å². The normalized spacial score (nSPS) is 13.3. The fourth-order valence-corrected chi connectivity index (χ4v) is 2.90. The molecular formula is C12H10BrN3O2S. The molecule has 98 valence electrons. The minimum absolute atomic E-state index is 0.426.